The molecule has 2 rings (SSSR count). The van der Waals surface area contributed by atoms with Gasteiger partial charge in [0.25, 0.3) is 5.91 Å². The van der Waals surface area contributed by atoms with E-state index in [4.69, 9.17) is 0 Å². The van der Waals surface area contributed by atoms with Crippen molar-refractivity contribution in [2.45, 2.75) is 46.1 Å². The molecule has 25 heavy (non-hydrogen) atoms. The molecule has 1 fully saturated rings. The van der Waals surface area contributed by atoms with Crippen molar-refractivity contribution in [3.8, 4) is 0 Å². The predicted molar refractivity (Wildman–Crippen MR) is 96.0 cm³/mol. The summed E-state index contributed by atoms with van der Waals surface area (Å²) in [5.74, 6) is -0.0558. The molecule has 0 aromatic heterocycles. The highest BCUT2D eigenvalue weighted by molar-refractivity contribution is 6.09. The summed E-state index contributed by atoms with van der Waals surface area (Å²) in [5, 5.41) is 5.45. The SMILES string of the molecule is CC(C)CNC(=O)CN1C(=O)NC(C)(c2ccc(C(C)C)cc2)C1=O. The van der Waals surface area contributed by atoms with Gasteiger partial charge in [-0.25, -0.2) is 4.79 Å². The van der Waals surface area contributed by atoms with Crippen LogP contribution in [-0.4, -0.2) is 35.8 Å². The number of benzene rings is 1. The second-order valence-corrected chi connectivity index (χ2v) is 7.42. The molecule has 0 bridgehead atoms. The van der Waals surface area contributed by atoms with E-state index in [2.05, 4.69) is 24.5 Å². The Labute approximate surface area is 149 Å². The fraction of sp³-hybridized carbons (Fsp3) is 0.526. The lowest BCUT2D eigenvalue weighted by Gasteiger charge is -2.22. The topological polar surface area (TPSA) is 78.5 Å². The van der Waals surface area contributed by atoms with Crippen LogP contribution in [0.4, 0.5) is 4.79 Å². The summed E-state index contributed by atoms with van der Waals surface area (Å²) in [5.41, 5.74) is 0.722. The molecule has 1 heterocycles. The van der Waals surface area contributed by atoms with Crippen LogP contribution in [0.3, 0.4) is 0 Å². The van der Waals surface area contributed by atoms with Gasteiger partial charge in [0.1, 0.15) is 12.1 Å². The number of carbonyl (C=O) groups excluding carboxylic acids is 3. The molecule has 4 amide bonds. The Morgan fingerprint density at radius 2 is 1.76 bits per heavy atom. The first-order valence-electron chi connectivity index (χ1n) is 8.66. The van der Waals surface area contributed by atoms with Crippen LogP contribution in [0.1, 0.15) is 51.7 Å². The number of imide groups is 1. The van der Waals surface area contributed by atoms with E-state index in [1.165, 1.54) is 0 Å². The van der Waals surface area contributed by atoms with Crippen molar-refractivity contribution in [1.82, 2.24) is 15.5 Å². The Bertz CT molecular complexity index is 667. The molecule has 1 saturated heterocycles. The molecule has 1 aliphatic rings. The van der Waals surface area contributed by atoms with E-state index in [-0.39, 0.29) is 12.5 Å². The first-order valence-corrected chi connectivity index (χ1v) is 8.66. The quantitative estimate of drug-likeness (QED) is 0.777. The Kier molecular flexibility index (Phi) is 5.50. The van der Waals surface area contributed by atoms with Crippen LogP contribution in [0, 0.1) is 5.92 Å². The third-order valence-corrected chi connectivity index (χ3v) is 4.44. The second-order valence-electron chi connectivity index (χ2n) is 7.42. The molecule has 0 aliphatic carbocycles. The molecule has 2 N–H and O–H groups in total. The van der Waals surface area contributed by atoms with Crippen molar-refractivity contribution < 1.29 is 14.4 Å². The van der Waals surface area contributed by atoms with Crippen molar-refractivity contribution in [2.24, 2.45) is 5.92 Å². The third kappa shape index (κ3) is 4.00. The van der Waals surface area contributed by atoms with Crippen molar-refractivity contribution >= 4 is 17.8 Å². The molecule has 1 aliphatic heterocycles. The highest BCUT2D eigenvalue weighted by Crippen LogP contribution is 2.29. The molecule has 0 saturated carbocycles. The second kappa shape index (κ2) is 7.25. The maximum absolute atomic E-state index is 12.8. The van der Waals surface area contributed by atoms with Gasteiger partial charge in [-0.2, -0.15) is 0 Å². The van der Waals surface area contributed by atoms with Gasteiger partial charge in [0.2, 0.25) is 5.91 Å². The van der Waals surface area contributed by atoms with E-state index in [0.29, 0.717) is 23.9 Å². The van der Waals surface area contributed by atoms with E-state index >= 15 is 0 Å². The maximum atomic E-state index is 12.8. The van der Waals surface area contributed by atoms with Crippen LogP contribution >= 0.6 is 0 Å². The minimum atomic E-state index is -1.15. The predicted octanol–water partition coefficient (Wildman–Crippen LogP) is 2.35. The fourth-order valence-electron chi connectivity index (χ4n) is 2.76. The third-order valence-electron chi connectivity index (χ3n) is 4.44. The zero-order chi connectivity index (χ0) is 18.8. The lowest BCUT2D eigenvalue weighted by Crippen LogP contribution is -2.43. The van der Waals surface area contributed by atoms with Gasteiger partial charge in [0, 0.05) is 6.54 Å². The van der Waals surface area contributed by atoms with Crippen molar-refractivity contribution in [2.75, 3.05) is 13.1 Å². The average molecular weight is 345 g/mol. The fourth-order valence-corrected chi connectivity index (χ4v) is 2.76. The van der Waals surface area contributed by atoms with Crippen LogP contribution in [0.2, 0.25) is 0 Å². The van der Waals surface area contributed by atoms with E-state index in [9.17, 15) is 14.4 Å². The maximum Gasteiger partial charge on any atom is 0.325 e. The lowest BCUT2D eigenvalue weighted by molar-refractivity contribution is -0.134. The summed E-state index contributed by atoms with van der Waals surface area (Å²) in [6.45, 7) is 10.1. The van der Waals surface area contributed by atoms with E-state index in [1.807, 2.05) is 38.1 Å². The molecule has 0 radical (unpaired) electrons. The standard InChI is InChI=1S/C19H27N3O3/c1-12(2)10-20-16(23)11-22-17(24)19(5,21-18(22)25)15-8-6-14(7-9-15)13(3)4/h6-9,12-13H,10-11H2,1-5H3,(H,20,23)(H,21,25). The van der Waals surface area contributed by atoms with Gasteiger partial charge in [-0.3, -0.25) is 14.5 Å². The highest BCUT2D eigenvalue weighted by atomic mass is 16.2. The monoisotopic (exact) mass is 345 g/mol. The molecule has 6 nitrogen and oxygen atoms in total. The number of nitrogens with one attached hydrogen (secondary N) is 2. The molecule has 1 aromatic carbocycles. The smallest absolute Gasteiger partial charge is 0.325 e. The molecule has 6 heteroatoms. The van der Waals surface area contributed by atoms with Gasteiger partial charge >= 0.3 is 6.03 Å². The summed E-state index contributed by atoms with van der Waals surface area (Å²) in [6.07, 6.45) is 0. The lowest BCUT2D eigenvalue weighted by atomic mass is 9.90. The van der Waals surface area contributed by atoms with Gasteiger partial charge in [0.05, 0.1) is 0 Å². The molecule has 1 aromatic rings. The molecule has 1 unspecified atom stereocenters. The Hall–Kier alpha value is -2.37. The van der Waals surface area contributed by atoms with E-state index in [0.717, 1.165) is 10.5 Å². The van der Waals surface area contributed by atoms with Gasteiger partial charge in [-0.15, -0.1) is 0 Å². The number of hydrogen-bond donors (Lipinski definition) is 2. The first kappa shape index (κ1) is 19.0. The van der Waals surface area contributed by atoms with Crippen LogP contribution in [-0.2, 0) is 15.1 Å². The first-order chi connectivity index (χ1) is 11.6. The van der Waals surface area contributed by atoms with Crippen molar-refractivity contribution in [3.63, 3.8) is 0 Å². The zero-order valence-electron chi connectivity index (χ0n) is 15.6. The minimum absolute atomic E-state index is 0.267. The van der Waals surface area contributed by atoms with Crippen molar-refractivity contribution in [1.29, 1.82) is 0 Å². The molecule has 1 atom stereocenters. The van der Waals surface area contributed by atoms with Crippen LogP contribution in [0.15, 0.2) is 24.3 Å². The van der Waals surface area contributed by atoms with Crippen LogP contribution in [0.5, 0.6) is 0 Å². The number of amides is 4. The number of hydrogen-bond acceptors (Lipinski definition) is 3. The number of rotatable bonds is 6. The minimum Gasteiger partial charge on any atom is -0.354 e. The number of nitrogens with zero attached hydrogens (tertiary/aromatic N) is 1. The summed E-state index contributed by atoms with van der Waals surface area (Å²) >= 11 is 0. The van der Waals surface area contributed by atoms with Gasteiger partial charge in [0.15, 0.2) is 0 Å². The largest absolute Gasteiger partial charge is 0.354 e. The average Bonchev–Trinajstić information content (AvgIpc) is 2.77. The zero-order valence-corrected chi connectivity index (χ0v) is 15.6. The summed E-state index contributed by atoms with van der Waals surface area (Å²) < 4.78 is 0. The number of urea groups is 1. The molecule has 0 spiro atoms. The van der Waals surface area contributed by atoms with E-state index < -0.39 is 17.5 Å². The summed E-state index contributed by atoms with van der Waals surface area (Å²) in [6, 6.07) is 7.09. The van der Waals surface area contributed by atoms with E-state index in [1.54, 1.807) is 6.92 Å². The van der Waals surface area contributed by atoms with Crippen LogP contribution in [0.25, 0.3) is 0 Å². The Balaban J connectivity index is 2.14. The normalized spacial score (nSPS) is 20.4. The Morgan fingerprint density at radius 3 is 2.28 bits per heavy atom. The summed E-state index contributed by atoms with van der Waals surface area (Å²) in [4.78, 5) is 38.0. The molecular formula is C19H27N3O3. The molecule has 136 valence electrons. The summed E-state index contributed by atoms with van der Waals surface area (Å²) in [7, 11) is 0. The number of carbonyl (C=O) groups is 3. The van der Waals surface area contributed by atoms with Crippen molar-refractivity contribution in [3.05, 3.63) is 35.4 Å². The Morgan fingerprint density at radius 1 is 1.16 bits per heavy atom. The van der Waals surface area contributed by atoms with Gasteiger partial charge in [-0.05, 0) is 29.9 Å². The highest BCUT2D eigenvalue weighted by Gasteiger charge is 2.49. The van der Waals surface area contributed by atoms with Gasteiger partial charge in [-0.1, -0.05) is 52.0 Å². The van der Waals surface area contributed by atoms with Crippen LogP contribution < -0.4 is 10.6 Å². The molecular weight excluding hydrogens is 318 g/mol. The van der Waals surface area contributed by atoms with Gasteiger partial charge < -0.3 is 10.6 Å².